The number of H-pyrrole nitrogens is 1. The Hall–Kier alpha value is -3.15. The first-order valence-corrected chi connectivity index (χ1v) is 10.1. The molecule has 0 unspecified atom stereocenters. The smallest absolute Gasteiger partial charge is 0.308 e. The van der Waals surface area contributed by atoms with E-state index in [1.807, 2.05) is 30.3 Å². The zero-order valence-electron chi connectivity index (χ0n) is 16.7. The topological polar surface area (TPSA) is 72.8 Å². The number of esters is 1. The van der Waals surface area contributed by atoms with Crippen LogP contribution in [0.4, 0.5) is 0 Å². The predicted molar refractivity (Wildman–Crippen MR) is 113 cm³/mol. The van der Waals surface area contributed by atoms with Crippen molar-refractivity contribution in [2.45, 2.75) is 31.6 Å². The molecule has 0 aliphatic heterocycles. The van der Waals surface area contributed by atoms with Gasteiger partial charge in [0.25, 0.3) is 0 Å². The third-order valence-corrected chi connectivity index (χ3v) is 6.28. The molecule has 3 aromatic heterocycles. The highest BCUT2D eigenvalue weighted by Gasteiger charge is 2.29. The van der Waals surface area contributed by atoms with E-state index in [4.69, 9.17) is 4.74 Å². The fraction of sp³-hybridized carbons (Fsp3) is 0.348. The molecule has 1 saturated carbocycles. The monoisotopic (exact) mass is 388 g/mol. The Bertz CT molecular complexity index is 1200. The number of nitrogens with one attached hydrogen (secondary N) is 1. The van der Waals surface area contributed by atoms with Gasteiger partial charge in [0.15, 0.2) is 0 Å². The number of methoxy groups -OCH3 is 1. The second-order valence-corrected chi connectivity index (χ2v) is 8.00. The number of benzene rings is 1. The molecule has 6 heteroatoms. The first kappa shape index (κ1) is 17.9. The molecule has 1 N–H and O–H groups in total. The zero-order valence-corrected chi connectivity index (χ0v) is 16.7. The van der Waals surface area contributed by atoms with E-state index in [9.17, 15) is 4.79 Å². The highest BCUT2D eigenvalue weighted by atomic mass is 16.5. The van der Waals surface area contributed by atoms with Gasteiger partial charge in [-0.2, -0.15) is 5.10 Å². The molecule has 0 radical (unpaired) electrons. The SMILES string of the molecule is COC(=O)C1CCC(c2c[nH]c3ncc4ccc(-c5cnn(C)c5)cc4c23)CC1. The summed E-state index contributed by atoms with van der Waals surface area (Å²) in [5.41, 5.74) is 4.49. The number of nitrogens with zero attached hydrogens (tertiary/aromatic N) is 3. The summed E-state index contributed by atoms with van der Waals surface area (Å²) in [6, 6.07) is 6.50. The van der Waals surface area contributed by atoms with Crippen molar-refractivity contribution in [2.75, 3.05) is 7.11 Å². The standard InChI is InChI=1S/C23H24N4O2/c1-27-13-18(11-26-27)16-7-8-17-10-24-22-21(19(17)9-16)20(12-25-22)14-3-5-15(6-4-14)23(28)29-2/h7-15H,3-6H2,1-2H3,(H,24,25). The summed E-state index contributed by atoms with van der Waals surface area (Å²) in [6.07, 6.45) is 11.7. The highest BCUT2D eigenvalue weighted by Crippen LogP contribution is 2.41. The van der Waals surface area contributed by atoms with Crippen LogP contribution in [0.1, 0.15) is 37.2 Å². The Kier molecular flexibility index (Phi) is 4.34. The normalized spacial score (nSPS) is 19.7. The van der Waals surface area contributed by atoms with Crippen LogP contribution in [-0.4, -0.2) is 32.8 Å². The van der Waals surface area contributed by atoms with E-state index in [0.717, 1.165) is 47.8 Å². The first-order chi connectivity index (χ1) is 14.1. The van der Waals surface area contributed by atoms with E-state index < -0.39 is 0 Å². The van der Waals surface area contributed by atoms with Crippen molar-refractivity contribution >= 4 is 27.8 Å². The van der Waals surface area contributed by atoms with Gasteiger partial charge in [0.05, 0.1) is 19.2 Å². The van der Waals surface area contributed by atoms with Crippen LogP contribution in [0.15, 0.2) is 43.0 Å². The van der Waals surface area contributed by atoms with Crippen molar-refractivity contribution < 1.29 is 9.53 Å². The number of hydrogen-bond acceptors (Lipinski definition) is 4. The molecule has 1 fully saturated rings. The van der Waals surface area contributed by atoms with E-state index >= 15 is 0 Å². The Morgan fingerprint density at radius 3 is 2.72 bits per heavy atom. The van der Waals surface area contributed by atoms with Gasteiger partial charge in [-0.05, 0) is 54.2 Å². The van der Waals surface area contributed by atoms with Gasteiger partial charge < -0.3 is 9.72 Å². The van der Waals surface area contributed by atoms with Crippen molar-refractivity contribution in [3.63, 3.8) is 0 Å². The van der Waals surface area contributed by atoms with Crippen LogP contribution in [0.2, 0.25) is 0 Å². The average molecular weight is 388 g/mol. The molecule has 0 bridgehead atoms. The Morgan fingerprint density at radius 1 is 1.17 bits per heavy atom. The molecule has 3 heterocycles. The van der Waals surface area contributed by atoms with E-state index in [0.29, 0.717) is 5.92 Å². The lowest BCUT2D eigenvalue weighted by Crippen LogP contribution is -2.22. The molecule has 4 aromatic rings. The van der Waals surface area contributed by atoms with Crippen LogP contribution in [0.3, 0.4) is 0 Å². The van der Waals surface area contributed by atoms with E-state index in [-0.39, 0.29) is 11.9 Å². The molecule has 29 heavy (non-hydrogen) atoms. The number of hydrogen-bond donors (Lipinski definition) is 1. The van der Waals surface area contributed by atoms with Crippen LogP contribution in [-0.2, 0) is 16.6 Å². The number of ether oxygens (including phenoxy) is 1. The number of aromatic amines is 1. The zero-order chi connectivity index (χ0) is 20.0. The maximum absolute atomic E-state index is 11.9. The Labute approximate surface area is 168 Å². The molecule has 1 aliphatic rings. The summed E-state index contributed by atoms with van der Waals surface area (Å²) < 4.78 is 6.76. The van der Waals surface area contributed by atoms with E-state index in [2.05, 4.69) is 39.5 Å². The van der Waals surface area contributed by atoms with E-state index in [1.54, 1.807) is 0 Å². The average Bonchev–Trinajstić information content (AvgIpc) is 3.39. The van der Waals surface area contributed by atoms with Crippen molar-refractivity contribution in [1.29, 1.82) is 0 Å². The van der Waals surface area contributed by atoms with Gasteiger partial charge >= 0.3 is 5.97 Å². The second-order valence-electron chi connectivity index (χ2n) is 8.00. The minimum Gasteiger partial charge on any atom is -0.469 e. The molecule has 1 aromatic carbocycles. The number of fused-ring (bicyclic) bond motifs is 3. The van der Waals surface area contributed by atoms with Crippen molar-refractivity contribution in [3.8, 4) is 11.1 Å². The summed E-state index contributed by atoms with van der Waals surface area (Å²) in [7, 11) is 3.41. The maximum atomic E-state index is 11.9. The van der Waals surface area contributed by atoms with Crippen LogP contribution in [0.5, 0.6) is 0 Å². The summed E-state index contributed by atoms with van der Waals surface area (Å²) in [5, 5.41) is 7.85. The second kappa shape index (κ2) is 7.03. The molecule has 0 spiro atoms. The number of carbonyl (C=O) groups is 1. The fourth-order valence-corrected chi connectivity index (χ4v) is 4.71. The van der Waals surface area contributed by atoms with Gasteiger partial charge in [-0.3, -0.25) is 9.48 Å². The molecule has 0 atom stereocenters. The summed E-state index contributed by atoms with van der Waals surface area (Å²) in [5.74, 6) is 0.392. The highest BCUT2D eigenvalue weighted by molar-refractivity contribution is 6.08. The van der Waals surface area contributed by atoms with Crippen LogP contribution in [0.25, 0.3) is 32.9 Å². The molecule has 6 nitrogen and oxygen atoms in total. The Balaban J connectivity index is 1.56. The molecule has 0 saturated heterocycles. The quantitative estimate of drug-likeness (QED) is 0.522. The van der Waals surface area contributed by atoms with Gasteiger partial charge in [0.2, 0.25) is 0 Å². The van der Waals surface area contributed by atoms with Crippen LogP contribution in [0, 0.1) is 5.92 Å². The van der Waals surface area contributed by atoms with Gasteiger partial charge in [-0.15, -0.1) is 0 Å². The number of aromatic nitrogens is 4. The minimum absolute atomic E-state index is 0.0357. The fourth-order valence-electron chi connectivity index (χ4n) is 4.71. The lowest BCUT2D eigenvalue weighted by molar-refractivity contribution is -0.146. The molecule has 148 valence electrons. The number of pyridine rings is 1. The molecular weight excluding hydrogens is 364 g/mol. The molecule has 0 amide bonds. The van der Waals surface area contributed by atoms with Crippen molar-refractivity contribution in [1.82, 2.24) is 19.7 Å². The van der Waals surface area contributed by atoms with Crippen LogP contribution >= 0.6 is 0 Å². The number of rotatable bonds is 3. The van der Waals surface area contributed by atoms with E-state index in [1.165, 1.54) is 23.4 Å². The van der Waals surface area contributed by atoms with Crippen molar-refractivity contribution in [3.05, 3.63) is 48.5 Å². The van der Waals surface area contributed by atoms with Gasteiger partial charge in [0, 0.05) is 42.0 Å². The molecular formula is C23H24N4O2. The lowest BCUT2D eigenvalue weighted by Gasteiger charge is -2.26. The molecule has 5 rings (SSSR count). The largest absolute Gasteiger partial charge is 0.469 e. The van der Waals surface area contributed by atoms with Crippen molar-refractivity contribution in [2.24, 2.45) is 13.0 Å². The predicted octanol–water partition coefficient (Wildman–Crippen LogP) is 4.56. The third-order valence-electron chi connectivity index (χ3n) is 6.28. The van der Waals surface area contributed by atoms with Gasteiger partial charge in [-0.1, -0.05) is 12.1 Å². The van der Waals surface area contributed by atoms with Gasteiger partial charge in [-0.25, -0.2) is 4.98 Å². The third kappa shape index (κ3) is 3.09. The lowest BCUT2D eigenvalue weighted by atomic mass is 9.78. The first-order valence-electron chi connectivity index (χ1n) is 10.1. The number of aryl methyl sites for hydroxylation is 1. The molecule has 1 aliphatic carbocycles. The summed E-state index contributed by atoms with van der Waals surface area (Å²) in [6.45, 7) is 0. The number of carbonyl (C=O) groups excluding carboxylic acids is 1. The Morgan fingerprint density at radius 2 is 2.00 bits per heavy atom. The summed E-state index contributed by atoms with van der Waals surface area (Å²) >= 11 is 0. The summed E-state index contributed by atoms with van der Waals surface area (Å²) in [4.78, 5) is 19.9. The minimum atomic E-state index is -0.0735. The van der Waals surface area contributed by atoms with Gasteiger partial charge in [0.1, 0.15) is 5.65 Å². The maximum Gasteiger partial charge on any atom is 0.308 e. The van der Waals surface area contributed by atoms with Crippen LogP contribution < -0.4 is 0 Å².